The number of nitrogens with zero attached hydrogens (tertiary/aromatic N) is 2. The summed E-state index contributed by atoms with van der Waals surface area (Å²) in [6, 6.07) is 1.96. The molecule has 0 radical (unpaired) electrons. The first-order valence-corrected chi connectivity index (χ1v) is 5.85. The SMILES string of the molecule is CCCc1cc(C)nc(C(C)(C)C(=O)OC)n1. The lowest BCUT2D eigenvalue weighted by atomic mass is 9.92. The molecular formula is C13H20N2O2. The molecule has 0 aliphatic heterocycles. The maximum atomic E-state index is 11.7. The number of hydrogen-bond donors (Lipinski definition) is 0. The fraction of sp³-hybridized carbons (Fsp3) is 0.615. The number of carbonyl (C=O) groups excluding carboxylic acids is 1. The van der Waals surface area contributed by atoms with Gasteiger partial charge in [0.05, 0.1) is 7.11 Å². The van der Waals surface area contributed by atoms with Gasteiger partial charge in [0.2, 0.25) is 0 Å². The lowest BCUT2D eigenvalue weighted by molar-refractivity contribution is -0.146. The van der Waals surface area contributed by atoms with Crippen molar-refractivity contribution in [3.05, 3.63) is 23.3 Å². The Morgan fingerprint density at radius 3 is 2.59 bits per heavy atom. The maximum absolute atomic E-state index is 11.7. The summed E-state index contributed by atoms with van der Waals surface area (Å²) in [5.74, 6) is 0.221. The van der Waals surface area contributed by atoms with Gasteiger partial charge < -0.3 is 4.74 Å². The molecule has 0 aliphatic rings. The molecule has 0 saturated carbocycles. The average Bonchev–Trinajstić information content (AvgIpc) is 2.27. The van der Waals surface area contributed by atoms with Crippen molar-refractivity contribution in [2.45, 2.75) is 46.0 Å². The van der Waals surface area contributed by atoms with Crippen LogP contribution in [0.3, 0.4) is 0 Å². The van der Waals surface area contributed by atoms with E-state index in [2.05, 4.69) is 16.9 Å². The number of methoxy groups -OCH3 is 1. The lowest BCUT2D eigenvalue weighted by Crippen LogP contribution is -2.33. The molecule has 0 aromatic carbocycles. The Labute approximate surface area is 102 Å². The summed E-state index contributed by atoms with van der Waals surface area (Å²) in [4.78, 5) is 20.5. The Kier molecular flexibility index (Phi) is 4.21. The molecule has 0 bridgehead atoms. The number of esters is 1. The Morgan fingerprint density at radius 1 is 1.41 bits per heavy atom. The van der Waals surface area contributed by atoms with Gasteiger partial charge in [-0.05, 0) is 33.3 Å². The molecule has 0 fully saturated rings. The van der Waals surface area contributed by atoms with Gasteiger partial charge in [0.15, 0.2) is 0 Å². The van der Waals surface area contributed by atoms with Crippen molar-refractivity contribution in [2.24, 2.45) is 0 Å². The summed E-state index contributed by atoms with van der Waals surface area (Å²) in [6.07, 6.45) is 1.92. The zero-order valence-corrected chi connectivity index (χ0v) is 11.2. The number of aromatic nitrogens is 2. The van der Waals surface area contributed by atoms with Crippen LogP contribution in [-0.2, 0) is 21.4 Å². The third kappa shape index (κ3) is 3.02. The lowest BCUT2D eigenvalue weighted by Gasteiger charge is -2.20. The van der Waals surface area contributed by atoms with E-state index in [4.69, 9.17) is 4.74 Å². The van der Waals surface area contributed by atoms with Crippen LogP contribution in [-0.4, -0.2) is 23.0 Å². The van der Waals surface area contributed by atoms with Crippen LogP contribution in [0.25, 0.3) is 0 Å². The van der Waals surface area contributed by atoms with Gasteiger partial charge >= 0.3 is 5.97 Å². The second-order valence-corrected chi connectivity index (χ2v) is 4.69. The van der Waals surface area contributed by atoms with E-state index in [0.29, 0.717) is 5.82 Å². The van der Waals surface area contributed by atoms with Crippen LogP contribution in [0, 0.1) is 6.92 Å². The second-order valence-electron chi connectivity index (χ2n) is 4.69. The quantitative estimate of drug-likeness (QED) is 0.752. The molecular weight excluding hydrogens is 216 g/mol. The molecule has 1 heterocycles. The fourth-order valence-electron chi connectivity index (χ4n) is 1.64. The van der Waals surface area contributed by atoms with E-state index in [1.165, 1.54) is 7.11 Å². The van der Waals surface area contributed by atoms with Gasteiger partial charge in [0.25, 0.3) is 0 Å². The van der Waals surface area contributed by atoms with Crippen LogP contribution >= 0.6 is 0 Å². The monoisotopic (exact) mass is 236 g/mol. The average molecular weight is 236 g/mol. The van der Waals surface area contributed by atoms with Crippen molar-refractivity contribution in [2.75, 3.05) is 7.11 Å². The van der Waals surface area contributed by atoms with Crippen LogP contribution in [0.15, 0.2) is 6.07 Å². The van der Waals surface area contributed by atoms with Crippen LogP contribution in [0.4, 0.5) is 0 Å². The molecule has 0 amide bonds. The van der Waals surface area contributed by atoms with Gasteiger partial charge in [-0.25, -0.2) is 9.97 Å². The van der Waals surface area contributed by atoms with E-state index >= 15 is 0 Å². The molecule has 17 heavy (non-hydrogen) atoms. The third-order valence-corrected chi connectivity index (χ3v) is 2.67. The molecule has 94 valence electrons. The first-order valence-electron chi connectivity index (χ1n) is 5.85. The molecule has 0 saturated heterocycles. The minimum absolute atomic E-state index is 0.314. The van der Waals surface area contributed by atoms with Crippen LogP contribution in [0.1, 0.15) is 44.4 Å². The summed E-state index contributed by atoms with van der Waals surface area (Å²) in [5.41, 5.74) is 1.06. The van der Waals surface area contributed by atoms with E-state index in [1.807, 2.05) is 13.0 Å². The van der Waals surface area contributed by atoms with Gasteiger partial charge in [-0.3, -0.25) is 4.79 Å². The predicted molar refractivity (Wildman–Crippen MR) is 65.8 cm³/mol. The number of ether oxygens (including phenoxy) is 1. The Hall–Kier alpha value is -1.45. The van der Waals surface area contributed by atoms with Crippen molar-refractivity contribution in [3.8, 4) is 0 Å². The van der Waals surface area contributed by atoms with E-state index in [0.717, 1.165) is 24.2 Å². The topological polar surface area (TPSA) is 52.1 Å². The van der Waals surface area contributed by atoms with Gasteiger partial charge in [-0.15, -0.1) is 0 Å². The number of hydrogen-bond acceptors (Lipinski definition) is 4. The highest BCUT2D eigenvalue weighted by atomic mass is 16.5. The number of carbonyl (C=O) groups is 1. The Balaban J connectivity index is 3.17. The summed E-state index contributed by atoms with van der Waals surface area (Å²) in [6.45, 7) is 7.58. The molecule has 4 nitrogen and oxygen atoms in total. The zero-order chi connectivity index (χ0) is 13.1. The molecule has 1 rings (SSSR count). The van der Waals surface area contributed by atoms with Crippen molar-refractivity contribution >= 4 is 5.97 Å². The number of aryl methyl sites for hydroxylation is 2. The van der Waals surface area contributed by atoms with E-state index in [1.54, 1.807) is 13.8 Å². The largest absolute Gasteiger partial charge is 0.468 e. The van der Waals surface area contributed by atoms with Crippen LogP contribution in [0.5, 0.6) is 0 Å². The third-order valence-electron chi connectivity index (χ3n) is 2.67. The van der Waals surface area contributed by atoms with Crippen molar-refractivity contribution in [1.82, 2.24) is 9.97 Å². The second kappa shape index (κ2) is 5.25. The van der Waals surface area contributed by atoms with Crippen molar-refractivity contribution < 1.29 is 9.53 Å². The van der Waals surface area contributed by atoms with Crippen LogP contribution in [0.2, 0.25) is 0 Å². The van der Waals surface area contributed by atoms with Gasteiger partial charge in [-0.2, -0.15) is 0 Å². The summed E-state index contributed by atoms with van der Waals surface area (Å²) < 4.78 is 4.79. The van der Waals surface area contributed by atoms with Crippen molar-refractivity contribution in [1.29, 1.82) is 0 Å². The van der Waals surface area contributed by atoms with E-state index in [9.17, 15) is 4.79 Å². The summed E-state index contributed by atoms with van der Waals surface area (Å²) in [5, 5.41) is 0. The molecule has 0 aliphatic carbocycles. The highest BCUT2D eigenvalue weighted by Crippen LogP contribution is 2.22. The van der Waals surface area contributed by atoms with E-state index < -0.39 is 5.41 Å². The molecule has 1 aromatic heterocycles. The Morgan fingerprint density at radius 2 is 2.06 bits per heavy atom. The van der Waals surface area contributed by atoms with E-state index in [-0.39, 0.29) is 5.97 Å². The fourth-order valence-corrected chi connectivity index (χ4v) is 1.64. The smallest absolute Gasteiger partial charge is 0.318 e. The maximum Gasteiger partial charge on any atom is 0.318 e. The predicted octanol–water partition coefficient (Wildman–Crippen LogP) is 2.19. The Bertz CT molecular complexity index is 414. The molecule has 0 N–H and O–H groups in total. The molecule has 4 heteroatoms. The highest BCUT2D eigenvalue weighted by Gasteiger charge is 2.34. The van der Waals surface area contributed by atoms with Gasteiger partial charge in [-0.1, -0.05) is 13.3 Å². The minimum Gasteiger partial charge on any atom is -0.468 e. The first kappa shape index (κ1) is 13.6. The van der Waals surface area contributed by atoms with Crippen molar-refractivity contribution in [3.63, 3.8) is 0 Å². The number of rotatable bonds is 4. The van der Waals surface area contributed by atoms with Gasteiger partial charge in [0, 0.05) is 11.4 Å². The standard InChI is InChI=1S/C13H20N2O2/c1-6-7-10-8-9(2)14-11(15-10)13(3,4)12(16)17-5/h8H,6-7H2,1-5H3. The highest BCUT2D eigenvalue weighted by molar-refractivity contribution is 5.80. The molecule has 1 aromatic rings. The zero-order valence-electron chi connectivity index (χ0n) is 11.2. The minimum atomic E-state index is -0.802. The van der Waals surface area contributed by atoms with Crippen LogP contribution < -0.4 is 0 Å². The molecule has 0 unspecified atom stereocenters. The summed E-state index contributed by atoms with van der Waals surface area (Å²) in [7, 11) is 1.38. The molecule has 0 spiro atoms. The normalized spacial score (nSPS) is 11.4. The summed E-state index contributed by atoms with van der Waals surface area (Å²) >= 11 is 0. The first-order chi connectivity index (χ1) is 7.91. The molecule has 0 atom stereocenters. The van der Waals surface area contributed by atoms with Gasteiger partial charge in [0.1, 0.15) is 11.2 Å².